The molecule has 0 spiro atoms. The van der Waals surface area contributed by atoms with Gasteiger partial charge in [0, 0.05) is 22.7 Å². The minimum absolute atomic E-state index is 0.362. The van der Waals surface area contributed by atoms with Gasteiger partial charge in [0.15, 0.2) is 5.13 Å². The first-order valence-electron chi connectivity index (χ1n) is 6.43. The molecule has 1 aliphatic rings. The van der Waals surface area contributed by atoms with Crippen molar-refractivity contribution in [1.29, 1.82) is 0 Å². The summed E-state index contributed by atoms with van der Waals surface area (Å²) in [4.78, 5) is 30.3. The normalized spacial score (nSPS) is 16.2. The topological polar surface area (TPSA) is 59.5 Å². The molecular formula is C15H12N2O3S. The van der Waals surface area contributed by atoms with Crippen LogP contribution in [0, 0.1) is 0 Å². The standard InChI is InChI=1S/C15H12N2O3S/c1-2-20-9-12-10-5-3-4-6-11(10)13(18)17(14(12)19)15-16-7-8-21-15/h3-9H,2H2,1H3/b12-9-. The van der Waals surface area contributed by atoms with Crippen molar-refractivity contribution in [3.8, 4) is 0 Å². The zero-order valence-electron chi connectivity index (χ0n) is 11.3. The number of carbonyl (C=O) groups excluding carboxylic acids is 2. The van der Waals surface area contributed by atoms with E-state index < -0.39 is 5.91 Å². The van der Waals surface area contributed by atoms with Crippen LogP contribution in [0.3, 0.4) is 0 Å². The Hall–Kier alpha value is -2.47. The van der Waals surface area contributed by atoms with Crippen LogP contribution >= 0.6 is 11.3 Å². The number of amides is 2. The van der Waals surface area contributed by atoms with Gasteiger partial charge in [-0.3, -0.25) is 9.59 Å². The molecule has 0 aliphatic carbocycles. The van der Waals surface area contributed by atoms with Crippen molar-refractivity contribution < 1.29 is 14.3 Å². The SMILES string of the molecule is CCO/C=C1\C(=O)N(c2nccs2)C(=O)c2ccccc21. The van der Waals surface area contributed by atoms with Gasteiger partial charge >= 0.3 is 0 Å². The third kappa shape index (κ3) is 2.23. The van der Waals surface area contributed by atoms with Crippen molar-refractivity contribution in [2.45, 2.75) is 6.92 Å². The zero-order valence-corrected chi connectivity index (χ0v) is 12.1. The lowest BCUT2D eigenvalue weighted by Gasteiger charge is -2.26. The number of hydrogen-bond donors (Lipinski definition) is 0. The van der Waals surface area contributed by atoms with Gasteiger partial charge in [0.1, 0.15) is 0 Å². The van der Waals surface area contributed by atoms with Crippen LogP contribution in [-0.2, 0) is 9.53 Å². The lowest BCUT2D eigenvalue weighted by molar-refractivity contribution is -0.113. The van der Waals surface area contributed by atoms with Gasteiger partial charge in [0.25, 0.3) is 11.8 Å². The fourth-order valence-electron chi connectivity index (χ4n) is 2.13. The lowest BCUT2D eigenvalue weighted by atomic mass is 9.95. The van der Waals surface area contributed by atoms with Gasteiger partial charge in [-0.05, 0) is 13.0 Å². The molecule has 2 heterocycles. The van der Waals surface area contributed by atoms with E-state index in [9.17, 15) is 9.59 Å². The van der Waals surface area contributed by atoms with Crippen LogP contribution in [0.4, 0.5) is 5.13 Å². The van der Waals surface area contributed by atoms with E-state index in [0.29, 0.717) is 28.4 Å². The molecule has 1 aromatic heterocycles. The molecule has 3 rings (SSSR count). The fraction of sp³-hybridized carbons (Fsp3) is 0.133. The Morgan fingerprint density at radius 3 is 2.67 bits per heavy atom. The monoisotopic (exact) mass is 300 g/mol. The molecule has 6 heteroatoms. The fourth-order valence-corrected chi connectivity index (χ4v) is 2.77. The first kappa shape index (κ1) is 13.5. The van der Waals surface area contributed by atoms with E-state index >= 15 is 0 Å². The molecule has 0 atom stereocenters. The van der Waals surface area contributed by atoms with Gasteiger partial charge in [-0.25, -0.2) is 9.88 Å². The summed E-state index contributed by atoms with van der Waals surface area (Å²) < 4.78 is 5.26. The third-order valence-electron chi connectivity index (χ3n) is 3.06. The predicted molar refractivity (Wildman–Crippen MR) is 80.0 cm³/mol. The average molecular weight is 300 g/mol. The van der Waals surface area contributed by atoms with Crippen molar-refractivity contribution in [3.63, 3.8) is 0 Å². The Labute approximate surface area is 125 Å². The predicted octanol–water partition coefficient (Wildman–Crippen LogP) is 2.71. The summed E-state index contributed by atoms with van der Waals surface area (Å²) in [7, 11) is 0. The minimum atomic E-state index is -0.415. The number of thiazole rings is 1. The van der Waals surface area contributed by atoms with E-state index in [2.05, 4.69) is 4.98 Å². The summed E-state index contributed by atoms with van der Waals surface area (Å²) in [6.45, 7) is 2.28. The first-order chi connectivity index (χ1) is 10.2. The number of aromatic nitrogens is 1. The molecule has 0 N–H and O–H groups in total. The molecular weight excluding hydrogens is 288 g/mol. The van der Waals surface area contributed by atoms with E-state index in [0.717, 1.165) is 4.90 Å². The molecule has 0 bridgehead atoms. The molecule has 1 aliphatic heterocycles. The Morgan fingerprint density at radius 1 is 1.24 bits per heavy atom. The maximum atomic E-state index is 12.6. The van der Waals surface area contributed by atoms with Crippen LogP contribution in [-0.4, -0.2) is 23.4 Å². The van der Waals surface area contributed by atoms with Gasteiger partial charge in [0.05, 0.1) is 18.4 Å². The molecule has 0 saturated carbocycles. The summed E-state index contributed by atoms with van der Waals surface area (Å²) in [5.41, 5.74) is 1.43. The van der Waals surface area contributed by atoms with E-state index in [-0.39, 0.29) is 5.91 Å². The molecule has 2 amide bonds. The van der Waals surface area contributed by atoms with Crippen molar-refractivity contribution in [2.24, 2.45) is 0 Å². The Bertz CT molecular complexity index is 722. The molecule has 0 unspecified atom stereocenters. The van der Waals surface area contributed by atoms with Gasteiger partial charge in [-0.2, -0.15) is 0 Å². The van der Waals surface area contributed by atoms with Crippen molar-refractivity contribution in [3.05, 3.63) is 53.2 Å². The number of carbonyl (C=O) groups is 2. The first-order valence-corrected chi connectivity index (χ1v) is 7.31. The molecule has 0 radical (unpaired) electrons. The minimum Gasteiger partial charge on any atom is -0.501 e. The van der Waals surface area contributed by atoms with Crippen LogP contribution < -0.4 is 4.90 Å². The second kappa shape index (κ2) is 5.49. The number of rotatable bonds is 3. The van der Waals surface area contributed by atoms with E-state index in [4.69, 9.17) is 4.74 Å². The number of imide groups is 1. The van der Waals surface area contributed by atoms with E-state index in [1.54, 1.807) is 35.8 Å². The summed E-state index contributed by atoms with van der Waals surface area (Å²) in [5, 5.41) is 2.09. The molecule has 0 saturated heterocycles. The van der Waals surface area contributed by atoms with Gasteiger partial charge in [0.2, 0.25) is 0 Å². The molecule has 106 valence electrons. The van der Waals surface area contributed by atoms with Crippen LogP contribution in [0.2, 0.25) is 0 Å². The lowest BCUT2D eigenvalue weighted by Crippen LogP contribution is -2.41. The maximum Gasteiger partial charge on any atom is 0.270 e. The van der Waals surface area contributed by atoms with Gasteiger partial charge < -0.3 is 4.74 Å². The summed E-state index contributed by atoms with van der Waals surface area (Å²) in [5.74, 6) is -0.777. The molecule has 5 nitrogen and oxygen atoms in total. The molecule has 2 aromatic rings. The van der Waals surface area contributed by atoms with Crippen LogP contribution in [0.1, 0.15) is 22.8 Å². The van der Waals surface area contributed by atoms with E-state index in [1.807, 2.05) is 6.92 Å². The Kier molecular flexibility index (Phi) is 3.53. The van der Waals surface area contributed by atoms with Crippen LogP contribution in [0.5, 0.6) is 0 Å². The molecule has 1 aromatic carbocycles. The highest BCUT2D eigenvalue weighted by atomic mass is 32.1. The summed E-state index contributed by atoms with van der Waals surface area (Å²) >= 11 is 1.24. The maximum absolute atomic E-state index is 12.6. The molecule has 21 heavy (non-hydrogen) atoms. The summed E-state index contributed by atoms with van der Waals surface area (Å²) in [6, 6.07) is 7.00. The number of benzene rings is 1. The second-order valence-corrected chi connectivity index (χ2v) is 5.17. The largest absolute Gasteiger partial charge is 0.501 e. The quantitative estimate of drug-likeness (QED) is 0.497. The number of hydrogen-bond acceptors (Lipinski definition) is 5. The van der Waals surface area contributed by atoms with Crippen LogP contribution in [0.25, 0.3) is 5.57 Å². The molecule has 0 fully saturated rings. The summed E-state index contributed by atoms with van der Waals surface area (Å²) in [6.07, 6.45) is 2.97. The number of nitrogens with zero attached hydrogens (tertiary/aromatic N) is 2. The van der Waals surface area contributed by atoms with E-state index in [1.165, 1.54) is 17.6 Å². The van der Waals surface area contributed by atoms with Crippen molar-refractivity contribution >= 4 is 33.9 Å². The van der Waals surface area contributed by atoms with Gasteiger partial charge in [-0.1, -0.05) is 18.2 Å². The smallest absolute Gasteiger partial charge is 0.270 e. The number of anilines is 1. The highest BCUT2D eigenvalue weighted by molar-refractivity contribution is 7.14. The Balaban J connectivity index is 2.16. The average Bonchev–Trinajstić information content (AvgIpc) is 3.01. The highest BCUT2D eigenvalue weighted by Crippen LogP contribution is 2.32. The third-order valence-corrected chi connectivity index (χ3v) is 3.82. The number of ether oxygens (including phenoxy) is 1. The van der Waals surface area contributed by atoms with Crippen molar-refractivity contribution in [2.75, 3.05) is 11.5 Å². The van der Waals surface area contributed by atoms with Crippen LogP contribution in [0.15, 0.2) is 42.1 Å². The zero-order chi connectivity index (χ0) is 14.8. The number of fused-ring (bicyclic) bond motifs is 1. The highest BCUT2D eigenvalue weighted by Gasteiger charge is 2.37. The van der Waals surface area contributed by atoms with Gasteiger partial charge in [-0.15, -0.1) is 11.3 Å². The second-order valence-electron chi connectivity index (χ2n) is 4.29. The van der Waals surface area contributed by atoms with Crippen molar-refractivity contribution in [1.82, 2.24) is 4.98 Å². The Morgan fingerprint density at radius 2 is 2.00 bits per heavy atom.